The summed E-state index contributed by atoms with van der Waals surface area (Å²) in [6.07, 6.45) is 0. The van der Waals surface area contributed by atoms with Gasteiger partial charge in [-0.25, -0.2) is 4.39 Å². The first-order valence-corrected chi connectivity index (χ1v) is 10.0. The molecule has 0 spiro atoms. The number of aromatic nitrogens is 4. The summed E-state index contributed by atoms with van der Waals surface area (Å²) in [7, 11) is 0. The van der Waals surface area contributed by atoms with Gasteiger partial charge in [0, 0.05) is 16.8 Å². The molecule has 2 aromatic carbocycles. The Balaban J connectivity index is 1.46. The molecule has 158 valence electrons. The van der Waals surface area contributed by atoms with E-state index >= 15 is 0 Å². The molecule has 0 unspecified atom stereocenters. The van der Waals surface area contributed by atoms with Gasteiger partial charge in [-0.3, -0.25) is 4.79 Å². The van der Waals surface area contributed by atoms with Crippen LogP contribution < -0.4 is 5.32 Å². The molecule has 0 aliphatic heterocycles. The van der Waals surface area contributed by atoms with Crippen LogP contribution in [0.3, 0.4) is 0 Å². The third-order valence-corrected chi connectivity index (χ3v) is 5.11. The predicted octanol–water partition coefficient (Wildman–Crippen LogP) is 5.40. The quantitative estimate of drug-likeness (QED) is 0.398. The number of nitrogens with zero attached hydrogens (tertiary/aromatic N) is 4. The molecular weight excluding hydrogens is 433 g/mol. The van der Waals surface area contributed by atoms with E-state index in [1.165, 1.54) is 12.1 Å². The molecular formula is C23H15ClFN5O2. The number of aryl methyl sites for hydroxylation is 1. The monoisotopic (exact) mass is 447 g/mol. The summed E-state index contributed by atoms with van der Waals surface area (Å²) in [4.78, 5) is 12.5. The highest BCUT2D eigenvalue weighted by Crippen LogP contribution is 2.25. The van der Waals surface area contributed by atoms with Crippen LogP contribution in [0, 0.1) is 12.7 Å². The average molecular weight is 448 g/mol. The van der Waals surface area contributed by atoms with Crippen molar-refractivity contribution in [2.24, 2.45) is 0 Å². The summed E-state index contributed by atoms with van der Waals surface area (Å²) in [5, 5.41) is 15.7. The van der Waals surface area contributed by atoms with E-state index in [4.69, 9.17) is 16.0 Å². The standard InChI is InChI=1S/C23H15ClFN5O2/c1-13-5-9-20(32-13)22-28-27-21-10-8-19(29-30(21)22)14-3-2-4-16(11-14)26-23(31)15-6-7-18(25)17(24)12-15/h2-12H,1H3,(H,26,31). The van der Waals surface area contributed by atoms with Gasteiger partial charge in [0.1, 0.15) is 11.6 Å². The summed E-state index contributed by atoms with van der Waals surface area (Å²) in [6, 6.07) is 18.3. The molecule has 3 heterocycles. The molecule has 0 bridgehead atoms. The lowest BCUT2D eigenvalue weighted by Crippen LogP contribution is -2.12. The number of carbonyl (C=O) groups excluding carboxylic acids is 1. The van der Waals surface area contributed by atoms with Gasteiger partial charge >= 0.3 is 0 Å². The van der Waals surface area contributed by atoms with Crippen molar-refractivity contribution in [2.45, 2.75) is 6.92 Å². The van der Waals surface area contributed by atoms with Crippen LogP contribution in [0.2, 0.25) is 5.02 Å². The van der Waals surface area contributed by atoms with Crippen LogP contribution >= 0.6 is 11.6 Å². The van der Waals surface area contributed by atoms with Gasteiger partial charge < -0.3 is 9.73 Å². The van der Waals surface area contributed by atoms with Crippen LogP contribution in [0.4, 0.5) is 10.1 Å². The predicted molar refractivity (Wildman–Crippen MR) is 118 cm³/mol. The number of halogens is 2. The van der Waals surface area contributed by atoms with Crippen molar-refractivity contribution in [2.75, 3.05) is 5.32 Å². The highest BCUT2D eigenvalue weighted by Gasteiger charge is 2.14. The maximum atomic E-state index is 13.4. The Bertz CT molecular complexity index is 1480. The van der Waals surface area contributed by atoms with E-state index in [1.807, 2.05) is 31.2 Å². The van der Waals surface area contributed by atoms with Crippen LogP contribution in [-0.4, -0.2) is 25.7 Å². The van der Waals surface area contributed by atoms with Gasteiger partial charge in [0.05, 0.1) is 10.7 Å². The molecule has 0 atom stereocenters. The number of hydrogen-bond acceptors (Lipinski definition) is 5. The number of hydrogen-bond donors (Lipinski definition) is 1. The van der Waals surface area contributed by atoms with Crippen LogP contribution in [0.25, 0.3) is 28.5 Å². The number of benzene rings is 2. The molecule has 5 aromatic rings. The van der Waals surface area contributed by atoms with Crippen molar-refractivity contribution >= 4 is 28.8 Å². The second kappa shape index (κ2) is 7.90. The summed E-state index contributed by atoms with van der Waals surface area (Å²) in [5.74, 6) is 0.844. The Kier molecular flexibility index (Phi) is 4.91. The van der Waals surface area contributed by atoms with E-state index in [9.17, 15) is 9.18 Å². The maximum Gasteiger partial charge on any atom is 0.255 e. The maximum absolute atomic E-state index is 13.4. The number of anilines is 1. The van der Waals surface area contributed by atoms with Gasteiger partial charge in [0.25, 0.3) is 5.91 Å². The molecule has 9 heteroatoms. The number of amides is 1. The van der Waals surface area contributed by atoms with Gasteiger partial charge in [-0.2, -0.15) is 9.61 Å². The van der Waals surface area contributed by atoms with E-state index in [2.05, 4.69) is 20.6 Å². The lowest BCUT2D eigenvalue weighted by atomic mass is 10.1. The van der Waals surface area contributed by atoms with E-state index in [0.717, 1.165) is 17.4 Å². The largest absolute Gasteiger partial charge is 0.458 e. The van der Waals surface area contributed by atoms with Crippen LogP contribution in [0.1, 0.15) is 16.1 Å². The first kappa shape index (κ1) is 19.9. The zero-order valence-corrected chi connectivity index (χ0v) is 17.5. The minimum atomic E-state index is -0.579. The molecule has 7 nitrogen and oxygen atoms in total. The SMILES string of the molecule is Cc1ccc(-c2nnc3ccc(-c4cccc(NC(=O)c5ccc(F)c(Cl)c5)c4)nn23)o1. The third-order valence-electron chi connectivity index (χ3n) is 4.82. The molecule has 0 fully saturated rings. The molecule has 3 aromatic heterocycles. The first-order valence-electron chi connectivity index (χ1n) is 9.64. The topological polar surface area (TPSA) is 85.3 Å². The zero-order chi connectivity index (χ0) is 22.2. The van der Waals surface area contributed by atoms with Gasteiger partial charge in [-0.05, 0) is 61.5 Å². The average Bonchev–Trinajstić information content (AvgIpc) is 3.41. The molecule has 1 amide bonds. The van der Waals surface area contributed by atoms with Crippen molar-refractivity contribution in [1.29, 1.82) is 0 Å². The van der Waals surface area contributed by atoms with Crippen LogP contribution in [0.15, 0.2) is 71.1 Å². The van der Waals surface area contributed by atoms with Crippen molar-refractivity contribution in [3.05, 3.63) is 88.9 Å². The number of furan rings is 1. The highest BCUT2D eigenvalue weighted by atomic mass is 35.5. The molecule has 0 aliphatic carbocycles. The van der Waals surface area contributed by atoms with Gasteiger partial charge in [0.2, 0.25) is 5.82 Å². The van der Waals surface area contributed by atoms with Gasteiger partial charge in [-0.15, -0.1) is 10.2 Å². The van der Waals surface area contributed by atoms with Crippen molar-refractivity contribution in [3.63, 3.8) is 0 Å². The molecule has 0 saturated carbocycles. The fourth-order valence-electron chi connectivity index (χ4n) is 3.25. The summed E-state index contributed by atoms with van der Waals surface area (Å²) in [5.41, 5.74) is 2.82. The summed E-state index contributed by atoms with van der Waals surface area (Å²) < 4.78 is 20.6. The van der Waals surface area contributed by atoms with Crippen molar-refractivity contribution < 1.29 is 13.6 Å². The summed E-state index contributed by atoms with van der Waals surface area (Å²) >= 11 is 5.78. The van der Waals surface area contributed by atoms with Crippen molar-refractivity contribution in [3.8, 4) is 22.8 Å². The van der Waals surface area contributed by atoms with E-state index < -0.39 is 11.7 Å². The molecule has 0 saturated heterocycles. The normalized spacial score (nSPS) is 11.1. The Morgan fingerprint density at radius 1 is 1.06 bits per heavy atom. The summed E-state index contributed by atoms with van der Waals surface area (Å²) in [6.45, 7) is 1.85. The van der Waals surface area contributed by atoms with Crippen LogP contribution in [-0.2, 0) is 0 Å². The highest BCUT2D eigenvalue weighted by molar-refractivity contribution is 6.31. The lowest BCUT2D eigenvalue weighted by molar-refractivity contribution is 0.102. The van der Waals surface area contributed by atoms with Gasteiger partial charge in [0.15, 0.2) is 11.4 Å². The molecule has 0 aliphatic rings. The lowest BCUT2D eigenvalue weighted by Gasteiger charge is -2.08. The minimum absolute atomic E-state index is 0.111. The molecule has 5 rings (SSSR count). The second-order valence-electron chi connectivity index (χ2n) is 7.09. The number of fused-ring (bicyclic) bond motifs is 1. The van der Waals surface area contributed by atoms with E-state index in [0.29, 0.717) is 28.6 Å². The number of carbonyl (C=O) groups is 1. The van der Waals surface area contributed by atoms with Crippen LogP contribution in [0.5, 0.6) is 0 Å². The molecule has 1 N–H and O–H groups in total. The number of rotatable bonds is 4. The Morgan fingerprint density at radius 2 is 1.94 bits per heavy atom. The van der Waals surface area contributed by atoms with E-state index in [-0.39, 0.29) is 10.6 Å². The Hall–Kier alpha value is -4.04. The molecule has 0 radical (unpaired) electrons. The fourth-order valence-corrected chi connectivity index (χ4v) is 3.43. The Labute approximate surface area is 186 Å². The molecule has 32 heavy (non-hydrogen) atoms. The fraction of sp³-hybridized carbons (Fsp3) is 0.0435. The third kappa shape index (κ3) is 3.72. The minimum Gasteiger partial charge on any atom is -0.458 e. The van der Waals surface area contributed by atoms with E-state index in [1.54, 1.807) is 28.8 Å². The van der Waals surface area contributed by atoms with Gasteiger partial charge in [-0.1, -0.05) is 23.7 Å². The smallest absolute Gasteiger partial charge is 0.255 e. The zero-order valence-electron chi connectivity index (χ0n) is 16.7. The van der Waals surface area contributed by atoms with Crippen molar-refractivity contribution in [1.82, 2.24) is 19.8 Å². The first-order chi connectivity index (χ1) is 15.5. The number of nitrogens with one attached hydrogen (secondary N) is 1. The Morgan fingerprint density at radius 3 is 2.72 bits per heavy atom. The second-order valence-corrected chi connectivity index (χ2v) is 7.49.